The Balaban J connectivity index is 0.00000392. The molecule has 0 aliphatic rings. The normalized spacial score (nSPS) is 13.2. The minimum absolute atomic E-state index is 0. The smallest absolute Gasteiger partial charge is 0.218 e. The highest BCUT2D eigenvalue weighted by Gasteiger charge is 2.25. The first-order chi connectivity index (χ1) is 12.7. The van der Waals surface area contributed by atoms with Gasteiger partial charge in [0.2, 0.25) is 5.91 Å². The molecule has 0 radical (unpaired) electrons. The van der Waals surface area contributed by atoms with E-state index in [-0.39, 0.29) is 37.0 Å². The van der Waals surface area contributed by atoms with Crippen LogP contribution < -0.4 is 11.1 Å². The Labute approximate surface area is 164 Å². The largest absolute Gasteiger partial charge is 0.370 e. The van der Waals surface area contributed by atoms with Crippen LogP contribution in [0.25, 0.3) is 0 Å². The molecule has 0 spiro atoms. The Morgan fingerprint density at radius 2 is 1.81 bits per heavy atom. The van der Waals surface area contributed by atoms with E-state index in [1.54, 1.807) is 6.92 Å². The van der Waals surface area contributed by atoms with Crippen molar-refractivity contribution in [1.82, 2.24) is 5.32 Å². The second-order valence-corrected chi connectivity index (χ2v) is 6.77. The van der Waals surface area contributed by atoms with Gasteiger partial charge in [-0.2, -0.15) is 0 Å². The molecular weight excluding hydrogens is 374 g/mol. The predicted octanol–water partition coefficient (Wildman–Crippen LogP) is 4.65. The highest BCUT2D eigenvalue weighted by atomic mass is 35.5. The predicted molar refractivity (Wildman–Crippen MR) is 105 cm³/mol. The van der Waals surface area contributed by atoms with E-state index in [2.05, 4.69) is 5.32 Å². The van der Waals surface area contributed by atoms with Crippen LogP contribution in [-0.4, -0.2) is 17.7 Å². The Bertz CT molecular complexity index is 851. The average Bonchev–Trinajstić information content (AvgIpc) is 2.60. The summed E-state index contributed by atoms with van der Waals surface area (Å²) in [5, 5.41) is 3.12. The van der Waals surface area contributed by atoms with Crippen LogP contribution in [0, 0.1) is 11.6 Å². The molecule has 0 bridgehead atoms. The molecule has 148 valence electrons. The van der Waals surface area contributed by atoms with Gasteiger partial charge in [0.25, 0.3) is 0 Å². The van der Waals surface area contributed by atoms with Crippen LogP contribution in [0.2, 0.25) is 5.02 Å². The van der Waals surface area contributed by atoms with Crippen molar-refractivity contribution in [1.29, 1.82) is 0 Å². The van der Waals surface area contributed by atoms with Gasteiger partial charge in [-0.3, -0.25) is 9.59 Å². The molecule has 0 unspecified atom stereocenters. The number of carbonyl (C=O) groups is 2. The third-order valence-electron chi connectivity index (χ3n) is 4.23. The lowest BCUT2D eigenvalue weighted by Crippen LogP contribution is -2.34. The van der Waals surface area contributed by atoms with Crippen molar-refractivity contribution in [3.05, 3.63) is 69.7 Å². The van der Waals surface area contributed by atoms with E-state index in [4.69, 9.17) is 17.3 Å². The maximum absolute atomic E-state index is 15.2. The van der Waals surface area contributed by atoms with Crippen molar-refractivity contribution < 1.29 is 21.2 Å². The maximum Gasteiger partial charge on any atom is 0.218 e. The molecule has 27 heavy (non-hydrogen) atoms. The summed E-state index contributed by atoms with van der Waals surface area (Å²) in [7, 11) is 0. The third-order valence-corrected chi connectivity index (χ3v) is 4.55. The van der Waals surface area contributed by atoms with E-state index in [1.807, 2.05) is 6.92 Å². The lowest BCUT2D eigenvalue weighted by Gasteiger charge is -2.23. The number of nitrogens with one attached hydrogen (secondary N) is 1. The van der Waals surface area contributed by atoms with Crippen LogP contribution in [-0.2, 0) is 4.79 Å². The number of hydrogen-bond donors (Lipinski definition) is 2. The van der Waals surface area contributed by atoms with Gasteiger partial charge in [0, 0.05) is 32.5 Å². The summed E-state index contributed by atoms with van der Waals surface area (Å²) in [6.45, 7) is 3.62. The van der Waals surface area contributed by atoms with Gasteiger partial charge in [0.1, 0.15) is 11.6 Å². The van der Waals surface area contributed by atoms with Crippen LogP contribution >= 0.6 is 11.6 Å². The molecule has 2 aromatic rings. The van der Waals surface area contributed by atoms with Crippen LogP contribution in [0.3, 0.4) is 0 Å². The quantitative estimate of drug-likeness (QED) is 0.636. The molecule has 7 heteroatoms. The van der Waals surface area contributed by atoms with Crippen molar-refractivity contribution >= 4 is 23.3 Å². The van der Waals surface area contributed by atoms with Crippen molar-refractivity contribution in [2.75, 3.05) is 0 Å². The molecule has 0 saturated carbocycles. The molecule has 3 N–H and O–H groups in total. The lowest BCUT2D eigenvalue weighted by molar-refractivity contribution is -0.118. The first-order valence-corrected chi connectivity index (χ1v) is 8.94. The van der Waals surface area contributed by atoms with E-state index < -0.39 is 29.4 Å². The number of nitrogens with two attached hydrogens (primary N) is 1. The number of amides is 1. The summed E-state index contributed by atoms with van der Waals surface area (Å²) in [6, 6.07) is 7.09. The van der Waals surface area contributed by atoms with Crippen molar-refractivity contribution in [2.24, 2.45) is 5.73 Å². The van der Waals surface area contributed by atoms with Gasteiger partial charge in [-0.1, -0.05) is 24.6 Å². The van der Waals surface area contributed by atoms with Gasteiger partial charge in [-0.05, 0) is 43.7 Å². The highest BCUT2D eigenvalue weighted by molar-refractivity contribution is 6.35. The van der Waals surface area contributed by atoms with E-state index in [0.717, 1.165) is 12.1 Å². The zero-order chi connectivity index (χ0) is 20.1. The highest BCUT2D eigenvalue weighted by Crippen LogP contribution is 2.30. The molecule has 0 aliphatic heterocycles. The zero-order valence-electron chi connectivity index (χ0n) is 15.1. The maximum atomic E-state index is 15.2. The molecule has 4 nitrogen and oxygen atoms in total. The molecule has 2 aromatic carbocycles. The number of ketones is 1. The van der Waals surface area contributed by atoms with E-state index in [9.17, 15) is 14.0 Å². The monoisotopic (exact) mass is 398 g/mol. The SMILES string of the molecule is CC[C@@H](N[C@@H](C)CC(N)=O)c1ccc(Cl)c(C(=O)c2ccc(F)cc2)c1F.[HH].[HH]. The molecular formula is C20H25ClF2N2O2. The molecule has 0 saturated heterocycles. The number of halogens is 3. The molecule has 0 aliphatic carbocycles. The molecule has 0 heterocycles. The van der Waals surface area contributed by atoms with Crippen LogP contribution in [0.1, 0.15) is 57.1 Å². The van der Waals surface area contributed by atoms with Gasteiger partial charge in [0.15, 0.2) is 5.78 Å². The van der Waals surface area contributed by atoms with Crippen LogP contribution in [0.5, 0.6) is 0 Å². The number of hydrogen-bond acceptors (Lipinski definition) is 3. The van der Waals surface area contributed by atoms with Gasteiger partial charge < -0.3 is 11.1 Å². The van der Waals surface area contributed by atoms with E-state index in [0.29, 0.717) is 6.42 Å². The summed E-state index contributed by atoms with van der Waals surface area (Å²) in [5.41, 5.74) is 5.34. The van der Waals surface area contributed by atoms with E-state index in [1.165, 1.54) is 24.3 Å². The summed E-state index contributed by atoms with van der Waals surface area (Å²) >= 11 is 6.08. The molecule has 0 fully saturated rings. The second kappa shape index (κ2) is 9.06. The number of benzene rings is 2. The van der Waals surface area contributed by atoms with Crippen molar-refractivity contribution in [2.45, 2.75) is 38.8 Å². The summed E-state index contributed by atoms with van der Waals surface area (Å²) in [6.07, 6.45) is 0.624. The van der Waals surface area contributed by atoms with Gasteiger partial charge in [0.05, 0.1) is 10.6 Å². The Kier molecular flexibility index (Phi) is 7.05. The Morgan fingerprint density at radius 3 is 2.37 bits per heavy atom. The Morgan fingerprint density at radius 1 is 1.19 bits per heavy atom. The number of rotatable bonds is 8. The van der Waals surface area contributed by atoms with E-state index >= 15 is 4.39 Å². The number of carbonyl (C=O) groups excluding carboxylic acids is 2. The summed E-state index contributed by atoms with van der Waals surface area (Å²) < 4.78 is 28.3. The molecule has 0 aromatic heterocycles. The van der Waals surface area contributed by atoms with Gasteiger partial charge >= 0.3 is 0 Å². The first-order valence-electron chi connectivity index (χ1n) is 8.57. The molecule has 1 amide bonds. The third kappa shape index (κ3) is 5.11. The summed E-state index contributed by atoms with van der Waals surface area (Å²) in [5.74, 6) is -2.32. The lowest BCUT2D eigenvalue weighted by atomic mass is 9.95. The molecule has 2 rings (SSSR count). The van der Waals surface area contributed by atoms with Crippen LogP contribution in [0.15, 0.2) is 36.4 Å². The first kappa shape index (κ1) is 21.0. The van der Waals surface area contributed by atoms with Crippen LogP contribution in [0.4, 0.5) is 8.78 Å². The molecule has 2 atom stereocenters. The fourth-order valence-corrected chi connectivity index (χ4v) is 3.15. The fraction of sp³-hybridized carbons (Fsp3) is 0.300. The standard InChI is InChI=1S/C20H21ClF2N2O2.2H2/c1-3-16(25-11(2)10-17(24)26)14-8-9-15(21)18(19(14)23)20(27)12-4-6-13(22)7-5-12;;/h4-9,11,16,25H,3,10H2,1-2H3,(H2,24,26);2*1H/t11-,16+;;/m0../s1. The van der Waals surface area contributed by atoms with Gasteiger partial charge in [-0.15, -0.1) is 0 Å². The van der Waals surface area contributed by atoms with Crippen molar-refractivity contribution in [3.8, 4) is 0 Å². The van der Waals surface area contributed by atoms with Gasteiger partial charge in [-0.25, -0.2) is 8.78 Å². The minimum atomic E-state index is -0.734. The fourth-order valence-electron chi connectivity index (χ4n) is 2.92. The topological polar surface area (TPSA) is 72.2 Å². The Hall–Kier alpha value is -2.31. The number of primary amides is 1. The minimum Gasteiger partial charge on any atom is -0.370 e. The second-order valence-electron chi connectivity index (χ2n) is 6.36. The summed E-state index contributed by atoms with van der Waals surface area (Å²) in [4.78, 5) is 23.8. The average molecular weight is 399 g/mol. The zero-order valence-corrected chi connectivity index (χ0v) is 15.8. The van der Waals surface area contributed by atoms with Crippen molar-refractivity contribution in [3.63, 3.8) is 0 Å².